The number of sulfonamides is 2. The molecule has 28 heavy (non-hydrogen) atoms. The van der Waals surface area contributed by atoms with Crippen molar-refractivity contribution in [2.45, 2.75) is 23.6 Å². The molecule has 0 radical (unpaired) electrons. The molecule has 0 aliphatic heterocycles. The number of anilines is 1. The van der Waals surface area contributed by atoms with Crippen molar-refractivity contribution >= 4 is 25.9 Å². The maximum absolute atomic E-state index is 13.3. The molecule has 3 aromatic rings. The van der Waals surface area contributed by atoms with Crippen LogP contribution in [-0.2, 0) is 20.0 Å². The maximum Gasteiger partial charge on any atom is 0.302 e. The van der Waals surface area contributed by atoms with E-state index in [0.29, 0.717) is 0 Å². The second-order valence-electron chi connectivity index (χ2n) is 5.93. The van der Waals surface area contributed by atoms with Crippen molar-refractivity contribution in [3.63, 3.8) is 0 Å². The van der Waals surface area contributed by atoms with E-state index in [2.05, 4.69) is 14.9 Å². The number of methoxy groups -OCH3 is 1. The molecule has 0 spiro atoms. The van der Waals surface area contributed by atoms with E-state index in [1.54, 1.807) is 38.1 Å². The van der Waals surface area contributed by atoms with Crippen LogP contribution in [0, 0.1) is 13.8 Å². The number of hydrogen-bond donors (Lipinski definition) is 0. The summed E-state index contributed by atoms with van der Waals surface area (Å²) in [5.41, 5.74) is 1.63. The Balaban J connectivity index is 2.27. The fourth-order valence-electron chi connectivity index (χ4n) is 2.38. The Morgan fingerprint density at radius 2 is 1.21 bits per heavy atom. The third-order valence-electron chi connectivity index (χ3n) is 3.88. The van der Waals surface area contributed by atoms with Gasteiger partial charge in [-0.1, -0.05) is 35.4 Å². The summed E-state index contributed by atoms with van der Waals surface area (Å²) in [6.07, 6.45) is 0. The van der Waals surface area contributed by atoms with Gasteiger partial charge in [-0.15, -0.1) is 3.71 Å². The Labute approximate surface area is 162 Å². The van der Waals surface area contributed by atoms with Crippen molar-refractivity contribution in [1.82, 2.24) is 10.3 Å². The maximum atomic E-state index is 13.3. The molecule has 3 rings (SSSR count). The molecule has 0 N–H and O–H groups in total. The molecule has 9 nitrogen and oxygen atoms in total. The molecule has 0 atom stereocenters. The molecule has 2 aromatic carbocycles. The van der Waals surface area contributed by atoms with Crippen molar-refractivity contribution in [3.8, 4) is 5.88 Å². The first-order valence-corrected chi connectivity index (χ1v) is 10.9. The third kappa shape index (κ3) is 3.45. The molecule has 0 aliphatic rings. The predicted octanol–water partition coefficient (Wildman–Crippen LogP) is 2.28. The molecule has 0 saturated carbocycles. The van der Waals surface area contributed by atoms with E-state index in [-0.39, 0.29) is 19.4 Å². The molecule has 11 heteroatoms. The highest BCUT2D eigenvalue weighted by Crippen LogP contribution is 2.34. The van der Waals surface area contributed by atoms with E-state index in [1.807, 2.05) is 0 Å². The van der Waals surface area contributed by atoms with Crippen molar-refractivity contribution in [2.24, 2.45) is 0 Å². The second kappa shape index (κ2) is 7.24. The van der Waals surface area contributed by atoms with E-state index < -0.39 is 25.9 Å². The number of ether oxygens (including phenoxy) is 1. The Bertz CT molecular complexity index is 1110. The zero-order valence-corrected chi connectivity index (χ0v) is 16.9. The second-order valence-corrected chi connectivity index (χ2v) is 9.73. The molecule has 0 bridgehead atoms. The van der Waals surface area contributed by atoms with Gasteiger partial charge in [0.2, 0.25) is 0 Å². The number of rotatable bonds is 6. The van der Waals surface area contributed by atoms with Crippen LogP contribution in [0.1, 0.15) is 11.1 Å². The molecular formula is C17H17N3O6S2. The van der Waals surface area contributed by atoms with Crippen LogP contribution in [0.3, 0.4) is 0 Å². The van der Waals surface area contributed by atoms with Gasteiger partial charge in [-0.25, -0.2) is 4.63 Å². The molecule has 1 heterocycles. The van der Waals surface area contributed by atoms with Crippen LogP contribution in [0.2, 0.25) is 0 Å². The SMILES string of the molecule is COc1nonc1N(S(=O)(=O)c1ccc(C)cc1)S(=O)(=O)c1ccc(C)cc1. The molecule has 0 unspecified atom stereocenters. The van der Waals surface area contributed by atoms with Gasteiger partial charge in [0.25, 0.3) is 25.9 Å². The molecule has 1 aromatic heterocycles. The Morgan fingerprint density at radius 1 is 0.786 bits per heavy atom. The first-order valence-electron chi connectivity index (χ1n) is 7.98. The van der Waals surface area contributed by atoms with Crippen LogP contribution < -0.4 is 8.45 Å². The lowest BCUT2D eigenvalue weighted by Crippen LogP contribution is -2.37. The van der Waals surface area contributed by atoms with Gasteiger partial charge in [-0.3, -0.25) is 0 Å². The van der Waals surface area contributed by atoms with E-state index >= 15 is 0 Å². The Kier molecular flexibility index (Phi) is 5.13. The number of nitrogens with zero attached hydrogens (tertiary/aromatic N) is 3. The van der Waals surface area contributed by atoms with Crippen molar-refractivity contribution < 1.29 is 26.2 Å². The van der Waals surface area contributed by atoms with Gasteiger partial charge >= 0.3 is 5.88 Å². The quantitative estimate of drug-likeness (QED) is 0.592. The lowest BCUT2D eigenvalue weighted by Gasteiger charge is -2.21. The van der Waals surface area contributed by atoms with Crippen molar-refractivity contribution in [3.05, 3.63) is 59.7 Å². The zero-order chi connectivity index (χ0) is 20.5. The molecular weight excluding hydrogens is 406 g/mol. The number of aryl methyl sites for hydroxylation is 2. The fourth-order valence-corrected chi connectivity index (χ4v) is 5.96. The summed E-state index contributed by atoms with van der Waals surface area (Å²) >= 11 is 0. The lowest BCUT2D eigenvalue weighted by molar-refractivity contribution is 0.282. The minimum atomic E-state index is -4.59. The van der Waals surface area contributed by atoms with Gasteiger partial charge in [0, 0.05) is 0 Å². The van der Waals surface area contributed by atoms with Crippen LogP contribution in [-0.4, -0.2) is 34.3 Å². The van der Waals surface area contributed by atoms with Crippen LogP contribution >= 0.6 is 0 Å². The molecule has 0 aliphatic carbocycles. The highest BCUT2D eigenvalue weighted by Gasteiger charge is 2.41. The summed E-state index contributed by atoms with van der Waals surface area (Å²) in [6.45, 7) is 3.56. The van der Waals surface area contributed by atoms with Gasteiger partial charge in [-0.05, 0) is 48.4 Å². The molecule has 0 amide bonds. The van der Waals surface area contributed by atoms with Gasteiger partial charge in [0.1, 0.15) is 0 Å². The normalized spacial score (nSPS) is 12.0. The Morgan fingerprint density at radius 3 is 1.61 bits per heavy atom. The van der Waals surface area contributed by atoms with Crippen molar-refractivity contribution in [2.75, 3.05) is 10.8 Å². The van der Waals surface area contributed by atoms with Crippen LogP contribution in [0.4, 0.5) is 5.82 Å². The van der Waals surface area contributed by atoms with Crippen LogP contribution in [0.25, 0.3) is 0 Å². The summed E-state index contributed by atoms with van der Waals surface area (Å²) in [6, 6.07) is 11.5. The average Bonchev–Trinajstić information content (AvgIpc) is 3.10. The van der Waals surface area contributed by atoms with Crippen LogP contribution in [0.15, 0.2) is 63.0 Å². The van der Waals surface area contributed by atoms with Crippen molar-refractivity contribution in [1.29, 1.82) is 0 Å². The van der Waals surface area contributed by atoms with Gasteiger partial charge in [-0.2, -0.15) is 16.8 Å². The number of aromatic nitrogens is 2. The van der Waals surface area contributed by atoms with E-state index in [9.17, 15) is 16.8 Å². The standard InChI is InChI=1S/C17H17N3O6S2/c1-12-4-8-14(9-5-12)27(21,22)20(16-17(25-3)19-26-18-16)28(23,24)15-10-6-13(2)7-11-15/h4-11H,1-3H3. The largest absolute Gasteiger partial charge is 0.476 e. The van der Waals surface area contributed by atoms with E-state index in [4.69, 9.17) is 4.74 Å². The van der Waals surface area contributed by atoms with Gasteiger partial charge in [0.15, 0.2) is 0 Å². The lowest BCUT2D eigenvalue weighted by atomic mass is 10.2. The number of benzene rings is 2. The molecule has 0 fully saturated rings. The van der Waals surface area contributed by atoms with Gasteiger partial charge < -0.3 is 4.74 Å². The highest BCUT2D eigenvalue weighted by molar-refractivity contribution is 8.10. The monoisotopic (exact) mass is 423 g/mol. The third-order valence-corrected chi connectivity index (χ3v) is 8.02. The molecule has 0 saturated heterocycles. The van der Waals surface area contributed by atoms with Gasteiger partial charge in [0.05, 0.1) is 16.9 Å². The molecule has 148 valence electrons. The zero-order valence-electron chi connectivity index (χ0n) is 15.2. The summed E-state index contributed by atoms with van der Waals surface area (Å²) in [5, 5.41) is 6.88. The van der Waals surface area contributed by atoms with E-state index in [0.717, 1.165) is 11.1 Å². The summed E-state index contributed by atoms with van der Waals surface area (Å²) in [4.78, 5) is -0.474. The topological polar surface area (TPSA) is 120 Å². The minimum Gasteiger partial charge on any atom is -0.476 e. The summed E-state index contributed by atoms with van der Waals surface area (Å²) in [5.74, 6) is -0.977. The smallest absolute Gasteiger partial charge is 0.302 e. The predicted molar refractivity (Wildman–Crippen MR) is 100 cm³/mol. The summed E-state index contributed by atoms with van der Waals surface area (Å²) in [7, 11) is -7.98. The Hall–Kier alpha value is -2.92. The first-order chi connectivity index (χ1) is 13.2. The fraction of sp³-hybridized carbons (Fsp3) is 0.176. The first kappa shape index (κ1) is 19.8. The number of hydrogen-bond acceptors (Lipinski definition) is 8. The van der Waals surface area contributed by atoms with Crippen LogP contribution in [0.5, 0.6) is 5.88 Å². The summed E-state index contributed by atoms with van der Waals surface area (Å²) < 4.78 is 62.7. The average molecular weight is 423 g/mol. The van der Waals surface area contributed by atoms with E-state index in [1.165, 1.54) is 31.4 Å². The minimum absolute atomic E-state index is 0.171. The highest BCUT2D eigenvalue weighted by atomic mass is 32.3.